The molecule has 0 atom stereocenters. The molecule has 0 unspecified atom stereocenters. The SMILES string of the molecule is CNC(=O)c1cccc(CN=C2C=C(c3ccccc3F)NC3=C(Br)CNN23)c1. The summed E-state index contributed by atoms with van der Waals surface area (Å²) in [6.07, 6.45) is 1.81. The van der Waals surface area contributed by atoms with Gasteiger partial charge >= 0.3 is 0 Å². The van der Waals surface area contributed by atoms with Gasteiger partial charge in [0.1, 0.15) is 17.5 Å². The lowest BCUT2D eigenvalue weighted by atomic mass is 10.1. The minimum Gasteiger partial charge on any atom is -0.355 e. The summed E-state index contributed by atoms with van der Waals surface area (Å²) in [5.74, 6) is 0.985. The molecule has 29 heavy (non-hydrogen) atoms. The van der Waals surface area contributed by atoms with E-state index < -0.39 is 0 Å². The van der Waals surface area contributed by atoms with Crippen LogP contribution < -0.4 is 16.1 Å². The largest absolute Gasteiger partial charge is 0.355 e. The number of hydrogen-bond donors (Lipinski definition) is 3. The highest BCUT2D eigenvalue weighted by molar-refractivity contribution is 9.11. The van der Waals surface area contributed by atoms with E-state index >= 15 is 0 Å². The van der Waals surface area contributed by atoms with Gasteiger partial charge in [-0.15, -0.1) is 0 Å². The molecule has 3 N–H and O–H groups in total. The minimum atomic E-state index is -0.306. The fourth-order valence-corrected chi connectivity index (χ4v) is 3.58. The fraction of sp³-hybridized carbons (Fsp3) is 0.143. The van der Waals surface area contributed by atoms with Crippen molar-refractivity contribution in [3.63, 3.8) is 0 Å². The first kappa shape index (κ1) is 19.4. The Morgan fingerprint density at radius 1 is 1.28 bits per heavy atom. The number of hydrazine groups is 1. The second kappa shape index (κ2) is 8.18. The predicted octanol–water partition coefficient (Wildman–Crippen LogP) is 3.11. The minimum absolute atomic E-state index is 0.140. The lowest BCUT2D eigenvalue weighted by Gasteiger charge is -2.29. The zero-order chi connectivity index (χ0) is 20.4. The van der Waals surface area contributed by atoms with Crippen molar-refractivity contribution in [3.8, 4) is 0 Å². The number of nitrogens with zero attached hydrogens (tertiary/aromatic N) is 2. The Kier molecular flexibility index (Phi) is 5.46. The van der Waals surface area contributed by atoms with Crippen LogP contribution in [0.15, 0.2) is 69.9 Å². The van der Waals surface area contributed by atoms with Crippen LogP contribution in [-0.2, 0) is 6.54 Å². The summed E-state index contributed by atoms with van der Waals surface area (Å²) in [7, 11) is 1.60. The van der Waals surface area contributed by atoms with Gasteiger partial charge in [-0.3, -0.25) is 9.79 Å². The maximum Gasteiger partial charge on any atom is 0.251 e. The van der Waals surface area contributed by atoms with Crippen molar-refractivity contribution in [2.45, 2.75) is 6.54 Å². The van der Waals surface area contributed by atoms with Crippen LogP contribution in [0.25, 0.3) is 5.70 Å². The van der Waals surface area contributed by atoms with Crippen molar-refractivity contribution in [2.24, 2.45) is 4.99 Å². The second-order valence-electron chi connectivity index (χ2n) is 6.54. The molecule has 6 nitrogen and oxygen atoms in total. The highest BCUT2D eigenvalue weighted by Gasteiger charge is 2.29. The van der Waals surface area contributed by atoms with Gasteiger partial charge in [0, 0.05) is 24.3 Å². The molecule has 0 aliphatic carbocycles. The van der Waals surface area contributed by atoms with Crippen LogP contribution in [0, 0.1) is 5.82 Å². The third-order valence-corrected chi connectivity index (χ3v) is 5.29. The number of rotatable bonds is 4. The Morgan fingerprint density at radius 3 is 2.90 bits per heavy atom. The molecule has 8 heteroatoms. The summed E-state index contributed by atoms with van der Waals surface area (Å²) in [6, 6.07) is 13.9. The zero-order valence-corrected chi connectivity index (χ0v) is 17.3. The van der Waals surface area contributed by atoms with Crippen LogP contribution >= 0.6 is 15.9 Å². The Labute approximate surface area is 176 Å². The van der Waals surface area contributed by atoms with Crippen LogP contribution in [-0.4, -0.2) is 30.3 Å². The van der Waals surface area contributed by atoms with E-state index in [1.807, 2.05) is 29.3 Å². The molecule has 0 fully saturated rings. The van der Waals surface area contributed by atoms with Crippen LogP contribution in [0.2, 0.25) is 0 Å². The van der Waals surface area contributed by atoms with Gasteiger partial charge in [0.2, 0.25) is 0 Å². The van der Waals surface area contributed by atoms with Crippen LogP contribution in [0.1, 0.15) is 21.5 Å². The topological polar surface area (TPSA) is 68.8 Å². The Bertz CT molecular complexity index is 1060. The first-order chi connectivity index (χ1) is 14.1. The highest BCUT2D eigenvalue weighted by atomic mass is 79.9. The number of nitrogens with one attached hydrogen (secondary N) is 3. The summed E-state index contributed by atoms with van der Waals surface area (Å²) in [6.45, 7) is 0.982. The van der Waals surface area contributed by atoms with Gasteiger partial charge in [-0.2, -0.15) is 0 Å². The molecule has 2 aliphatic rings. The Hall–Kier alpha value is -2.97. The number of halogens is 2. The number of fused-ring (bicyclic) bond motifs is 1. The van der Waals surface area contributed by atoms with Gasteiger partial charge < -0.3 is 10.6 Å². The predicted molar refractivity (Wildman–Crippen MR) is 114 cm³/mol. The number of amides is 1. The maximum absolute atomic E-state index is 14.3. The fourth-order valence-electron chi connectivity index (χ4n) is 3.18. The summed E-state index contributed by atoms with van der Waals surface area (Å²) >= 11 is 3.55. The standard InChI is InChI=1S/C21H19BrFN5O/c1-24-21(29)14-6-4-5-13(9-14)11-25-19-10-18(15-7-2-3-8-17(15)23)27-20-16(22)12-26-28(19)20/h2-10,26-27H,11-12H2,1H3,(H,24,29). The molecule has 0 radical (unpaired) electrons. The molecule has 0 aromatic heterocycles. The lowest BCUT2D eigenvalue weighted by molar-refractivity contribution is 0.0963. The van der Waals surface area contributed by atoms with E-state index in [1.165, 1.54) is 6.07 Å². The molecule has 2 heterocycles. The first-order valence-corrected chi connectivity index (χ1v) is 9.87. The third kappa shape index (κ3) is 3.94. The third-order valence-electron chi connectivity index (χ3n) is 4.63. The summed E-state index contributed by atoms with van der Waals surface area (Å²) < 4.78 is 15.3. The molecule has 4 rings (SSSR count). The quantitative estimate of drug-likeness (QED) is 0.662. The summed E-state index contributed by atoms with van der Waals surface area (Å²) in [4.78, 5) is 16.6. The summed E-state index contributed by atoms with van der Waals surface area (Å²) in [5.41, 5.74) is 5.83. The Balaban J connectivity index is 1.68. The second-order valence-corrected chi connectivity index (χ2v) is 7.50. The lowest BCUT2D eigenvalue weighted by Crippen LogP contribution is -2.44. The van der Waals surface area contributed by atoms with E-state index in [4.69, 9.17) is 4.99 Å². The molecule has 0 bridgehead atoms. The van der Waals surface area contributed by atoms with Gasteiger partial charge in [0.15, 0.2) is 0 Å². The van der Waals surface area contributed by atoms with E-state index in [9.17, 15) is 9.18 Å². The summed E-state index contributed by atoms with van der Waals surface area (Å²) in [5, 5.41) is 7.72. The molecule has 0 spiro atoms. The van der Waals surface area contributed by atoms with E-state index in [0.717, 1.165) is 15.9 Å². The number of carbonyl (C=O) groups excluding carboxylic acids is 1. The van der Waals surface area contributed by atoms with Gasteiger partial charge in [0.05, 0.1) is 23.3 Å². The monoisotopic (exact) mass is 455 g/mol. The molecule has 1 amide bonds. The average Bonchev–Trinajstić information content (AvgIpc) is 3.13. The van der Waals surface area contributed by atoms with Crippen LogP contribution in [0.3, 0.4) is 0 Å². The molecule has 2 aromatic rings. The van der Waals surface area contributed by atoms with Crippen molar-refractivity contribution >= 4 is 33.4 Å². The molecular weight excluding hydrogens is 437 g/mol. The highest BCUT2D eigenvalue weighted by Crippen LogP contribution is 2.28. The van der Waals surface area contributed by atoms with E-state index in [-0.39, 0.29) is 11.7 Å². The van der Waals surface area contributed by atoms with Crippen molar-refractivity contribution < 1.29 is 9.18 Å². The molecule has 0 saturated heterocycles. The zero-order valence-electron chi connectivity index (χ0n) is 15.7. The van der Waals surface area contributed by atoms with E-state index in [2.05, 4.69) is 32.0 Å². The molecular formula is C21H19BrFN5O. The van der Waals surface area contributed by atoms with Crippen LogP contribution in [0.5, 0.6) is 0 Å². The van der Waals surface area contributed by atoms with E-state index in [0.29, 0.717) is 35.7 Å². The van der Waals surface area contributed by atoms with Gasteiger partial charge in [-0.1, -0.05) is 40.2 Å². The number of amidine groups is 1. The smallest absolute Gasteiger partial charge is 0.251 e. The molecule has 0 saturated carbocycles. The van der Waals surface area contributed by atoms with Gasteiger partial charge in [0.25, 0.3) is 5.91 Å². The van der Waals surface area contributed by atoms with Gasteiger partial charge in [-0.05, 0) is 29.8 Å². The number of carbonyl (C=O) groups is 1. The Morgan fingerprint density at radius 2 is 2.10 bits per heavy atom. The molecule has 2 aliphatic heterocycles. The number of aliphatic imine (C=N–C) groups is 1. The van der Waals surface area contributed by atoms with Crippen molar-refractivity contribution in [2.75, 3.05) is 13.6 Å². The molecule has 2 aromatic carbocycles. The maximum atomic E-state index is 14.3. The first-order valence-electron chi connectivity index (χ1n) is 9.08. The normalized spacial score (nSPS) is 17.1. The van der Waals surface area contributed by atoms with Crippen molar-refractivity contribution in [1.82, 2.24) is 21.1 Å². The number of benzene rings is 2. The van der Waals surface area contributed by atoms with E-state index in [1.54, 1.807) is 31.3 Å². The number of hydrogen-bond acceptors (Lipinski definition) is 4. The van der Waals surface area contributed by atoms with Crippen molar-refractivity contribution in [3.05, 3.63) is 87.4 Å². The molecule has 148 valence electrons. The van der Waals surface area contributed by atoms with Crippen LogP contribution in [0.4, 0.5) is 4.39 Å². The van der Waals surface area contributed by atoms with Crippen molar-refractivity contribution in [1.29, 1.82) is 0 Å². The average molecular weight is 456 g/mol. The van der Waals surface area contributed by atoms with Gasteiger partial charge in [-0.25, -0.2) is 14.8 Å².